The maximum absolute atomic E-state index is 11.5. The Labute approximate surface area is 110 Å². The molecule has 0 spiro atoms. The number of hydrogen-bond donors (Lipinski definition) is 1. The van der Waals surface area contributed by atoms with E-state index < -0.39 is 0 Å². The van der Waals surface area contributed by atoms with Crippen molar-refractivity contribution < 1.29 is 4.79 Å². The molecular weight excluding hydrogens is 224 g/mol. The van der Waals surface area contributed by atoms with Gasteiger partial charge in [-0.2, -0.15) is 0 Å². The van der Waals surface area contributed by atoms with Crippen molar-refractivity contribution in [2.45, 2.75) is 45.4 Å². The summed E-state index contributed by atoms with van der Waals surface area (Å²) < 4.78 is 0. The molecule has 0 saturated carbocycles. The number of urea groups is 1. The molecule has 0 aliphatic heterocycles. The van der Waals surface area contributed by atoms with Gasteiger partial charge in [0.15, 0.2) is 0 Å². The molecule has 0 aromatic heterocycles. The Bertz CT molecular complexity index is 325. The summed E-state index contributed by atoms with van der Waals surface area (Å²) in [5, 5.41) is 6.73. The first kappa shape index (κ1) is 14.6. The highest BCUT2D eigenvalue weighted by atomic mass is 16.2. The van der Waals surface area contributed by atoms with Crippen LogP contribution in [0, 0.1) is 0 Å². The Morgan fingerprint density at radius 3 is 2.44 bits per heavy atom. The zero-order valence-corrected chi connectivity index (χ0v) is 11.2. The number of rotatable bonds is 8. The highest BCUT2D eigenvalue weighted by Gasteiger charge is 2.01. The fraction of sp³-hybridized carbons (Fsp3) is 0.533. The summed E-state index contributed by atoms with van der Waals surface area (Å²) in [5.41, 5.74) is 0.800. The number of carbonyl (C=O) groups is 1. The Morgan fingerprint density at radius 2 is 1.72 bits per heavy atom. The number of carbonyl (C=O) groups excluding carboxylic acids is 1. The second-order valence-corrected chi connectivity index (χ2v) is 4.45. The van der Waals surface area contributed by atoms with Crippen molar-refractivity contribution >= 4 is 11.7 Å². The molecule has 0 aliphatic rings. The van der Waals surface area contributed by atoms with Crippen LogP contribution in [-0.4, -0.2) is 12.6 Å². The average Bonchev–Trinajstić information content (AvgIpc) is 2.39. The van der Waals surface area contributed by atoms with Gasteiger partial charge in [-0.3, -0.25) is 0 Å². The third kappa shape index (κ3) is 6.94. The Morgan fingerprint density at radius 1 is 1.06 bits per heavy atom. The van der Waals surface area contributed by atoms with Crippen molar-refractivity contribution in [3.05, 3.63) is 30.3 Å². The smallest absolute Gasteiger partial charge is 0.306 e. The van der Waals surface area contributed by atoms with Crippen LogP contribution < -0.4 is 10.6 Å². The molecule has 1 rings (SSSR count). The van der Waals surface area contributed by atoms with Crippen molar-refractivity contribution in [3.63, 3.8) is 0 Å². The van der Waals surface area contributed by atoms with Crippen LogP contribution >= 0.6 is 0 Å². The van der Waals surface area contributed by atoms with Gasteiger partial charge in [-0.1, -0.05) is 57.2 Å². The van der Waals surface area contributed by atoms with Gasteiger partial charge >= 0.3 is 6.03 Å². The van der Waals surface area contributed by atoms with E-state index in [9.17, 15) is 4.79 Å². The van der Waals surface area contributed by atoms with Crippen molar-refractivity contribution in [2.75, 3.05) is 11.9 Å². The molecule has 0 unspecified atom stereocenters. The van der Waals surface area contributed by atoms with E-state index in [2.05, 4.69) is 17.6 Å². The quantitative estimate of drug-likeness (QED) is 0.688. The summed E-state index contributed by atoms with van der Waals surface area (Å²) in [7, 11) is 0. The fourth-order valence-electron chi connectivity index (χ4n) is 1.76. The minimum absolute atomic E-state index is 0.241. The molecule has 1 aromatic rings. The van der Waals surface area contributed by atoms with Crippen LogP contribution in [0.4, 0.5) is 10.5 Å². The summed E-state index contributed by atoms with van der Waals surface area (Å²) >= 11 is 0. The summed E-state index contributed by atoms with van der Waals surface area (Å²) in [6.07, 6.45) is 7.31. The van der Waals surface area contributed by atoms with Crippen LogP contribution in [0.3, 0.4) is 0 Å². The van der Waals surface area contributed by atoms with Gasteiger partial charge in [0.1, 0.15) is 0 Å². The molecule has 0 heterocycles. The zero-order chi connectivity index (χ0) is 13.1. The van der Waals surface area contributed by atoms with E-state index in [1.54, 1.807) is 0 Å². The molecular formula is C15H23N2O. The van der Waals surface area contributed by atoms with Gasteiger partial charge in [0.2, 0.25) is 0 Å². The lowest BCUT2D eigenvalue weighted by molar-refractivity contribution is 0.251. The Balaban J connectivity index is 2.00. The van der Waals surface area contributed by atoms with Gasteiger partial charge in [0.25, 0.3) is 0 Å². The topological polar surface area (TPSA) is 43.2 Å². The number of anilines is 1. The van der Waals surface area contributed by atoms with E-state index in [1.165, 1.54) is 32.1 Å². The predicted octanol–water partition coefficient (Wildman–Crippen LogP) is 4.18. The van der Waals surface area contributed by atoms with Gasteiger partial charge in [-0.05, 0) is 18.6 Å². The molecule has 2 amide bonds. The summed E-state index contributed by atoms with van der Waals surface area (Å²) in [5.74, 6) is 0. The predicted molar refractivity (Wildman–Crippen MR) is 75.8 cm³/mol. The minimum Gasteiger partial charge on any atom is -0.306 e. The Hall–Kier alpha value is -1.51. The van der Waals surface area contributed by atoms with Gasteiger partial charge in [-0.15, -0.1) is 0 Å². The second kappa shape index (κ2) is 9.51. The third-order valence-corrected chi connectivity index (χ3v) is 2.79. The molecule has 0 aliphatic carbocycles. The highest BCUT2D eigenvalue weighted by molar-refractivity contribution is 5.88. The number of benzene rings is 1. The van der Waals surface area contributed by atoms with Crippen molar-refractivity contribution in [1.82, 2.24) is 5.32 Å². The van der Waals surface area contributed by atoms with Crippen LogP contribution in [0.2, 0.25) is 0 Å². The van der Waals surface area contributed by atoms with Crippen LogP contribution in [0.1, 0.15) is 45.4 Å². The number of nitrogens with zero attached hydrogens (tertiary/aromatic N) is 1. The third-order valence-electron chi connectivity index (χ3n) is 2.79. The van der Waals surface area contributed by atoms with Crippen LogP contribution in [0.15, 0.2) is 30.3 Å². The van der Waals surface area contributed by atoms with Crippen LogP contribution in [0.5, 0.6) is 0 Å². The summed E-state index contributed by atoms with van der Waals surface area (Å²) in [6, 6.07) is 9.18. The largest absolute Gasteiger partial charge is 0.340 e. The average molecular weight is 247 g/mol. The Kier molecular flexibility index (Phi) is 7.69. The molecule has 0 fully saturated rings. The van der Waals surface area contributed by atoms with Crippen LogP contribution in [0.25, 0.3) is 0 Å². The minimum atomic E-state index is -0.241. The maximum atomic E-state index is 11.5. The van der Waals surface area contributed by atoms with Crippen molar-refractivity contribution in [3.8, 4) is 0 Å². The SMILES string of the molecule is CCCCCCCC[N]C(=O)Nc1ccccc1. The van der Waals surface area contributed by atoms with E-state index in [0.717, 1.165) is 12.1 Å². The molecule has 0 saturated heterocycles. The first-order valence-corrected chi connectivity index (χ1v) is 6.86. The lowest BCUT2D eigenvalue weighted by Gasteiger charge is -2.05. The molecule has 1 radical (unpaired) electrons. The lowest BCUT2D eigenvalue weighted by Crippen LogP contribution is -2.22. The first-order chi connectivity index (χ1) is 8.83. The van der Waals surface area contributed by atoms with Crippen LogP contribution in [-0.2, 0) is 0 Å². The zero-order valence-electron chi connectivity index (χ0n) is 11.2. The molecule has 3 nitrogen and oxygen atoms in total. The van der Waals surface area contributed by atoms with Gasteiger partial charge in [0.05, 0.1) is 0 Å². The molecule has 1 N–H and O–H groups in total. The fourth-order valence-corrected chi connectivity index (χ4v) is 1.76. The first-order valence-electron chi connectivity index (χ1n) is 6.86. The van der Waals surface area contributed by atoms with Gasteiger partial charge in [0, 0.05) is 12.2 Å². The second-order valence-electron chi connectivity index (χ2n) is 4.45. The molecule has 1 aromatic carbocycles. The summed E-state index contributed by atoms with van der Waals surface area (Å²) in [6.45, 7) is 2.84. The molecule has 99 valence electrons. The lowest BCUT2D eigenvalue weighted by atomic mass is 10.1. The van der Waals surface area contributed by atoms with E-state index in [1.807, 2.05) is 30.3 Å². The monoisotopic (exact) mass is 247 g/mol. The highest BCUT2D eigenvalue weighted by Crippen LogP contribution is 2.06. The summed E-state index contributed by atoms with van der Waals surface area (Å²) in [4.78, 5) is 11.5. The van der Waals surface area contributed by atoms with E-state index >= 15 is 0 Å². The molecule has 0 bridgehead atoms. The molecule has 3 heteroatoms. The standard InChI is InChI=1S/C15H23N2O/c1-2-3-4-5-6-10-13-16-15(18)17-14-11-8-7-9-12-14/h7-9,11-12H,2-6,10,13H2,1H3,(H,17,18). The number of hydrogen-bond acceptors (Lipinski definition) is 1. The van der Waals surface area contributed by atoms with Gasteiger partial charge in [-0.25, -0.2) is 10.1 Å². The normalized spacial score (nSPS) is 10.1. The van der Waals surface area contributed by atoms with E-state index in [0.29, 0.717) is 6.54 Å². The van der Waals surface area contributed by atoms with E-state index in [4.69, 9.17) is 0 Å². The van der Waals surface area contributed by atoms with E-state index in [-0.39, 0.29) is 6.03 Å². The molecule has 0 atom stereocenters. The number of amides is 2. The van der Waals surface area contributed by atoms with Crippen molar-refractivity contribution in [1.29, 1.82) is 0 Å². The number of nitrogens with one attached hydrogen (secondary N) is 1. The maximum Gasteiger partial charge on any atom is 0.340 e. The molecule has 18 heavy (non-hydrogen) atoms. The van der Waals surface area contributed by atoms with Crippen molar-refractivity contribution in [2.24, 2.45) is 0 Å². The van der Waals surface area contributed by atoms with Gasteiger partial charge < -0.3 is 5.32 Å². The number of unbranched alkanes of at least 4 members (excludes halogenated alkanes) is 5. The number of para-hydroxylation sites is 1.